The molecule has 0 bridgehead atoms. The predicted octanol–water partition coefficient (Wildman–Crippen LogP) is 3.13. The van der Waals surface area contributed by atoms with E-state index >= 15 is 0 Å². The van der Waals surface area contributed by atoms with Crippen LogP contribution in [0.2, 0.25) is 0 Å². The fourth-order valence-electron chi connectivity index (χ4n) is 4.59. The molecule has 2 aliphatic heterocycles. The number of piperidine rings is 1. The van der Waals surface area contributed by atoms with Crippen molar-refractivity contribution in [2.45, 2.75) is 46.2 Å². The van der Waals surface area contributed by atoms with Gasteiger partial charge in [0, 0.05) is 44.7 Å². The molecule has 2 aliphatic rings. The Morgan fingerprint density at radius 2 is 2.00 bits per heavy atom. The number of hydrogen-bond acceptors (Lipinski definition) is 7. The van der Waals surface area contributed by atoms with Crippen LogP contribution in [0, 0.1) is 12.8 Å². The normalized spacial score (nSPS) is 17.3. The number of hydrogen-bond donors (Lipinski definition) is 0. The Kier molecular flexibility index (Phi) is 6.70. The molecule has 2 aromatic rings. The van der Waals surface area contributed by atoms with E-state index in [0.29, 0.717) is 6.61 Å². The zero-order valence-electron chi connectivity index (χ0n) is 18.8. The van der Waals surface area contributed by atoms with E-state index in [9.17, 15) is 4.79 Å². The van der Waals surface area contributed by atoms with Crippen LogP contribution in [-0.4, -0.2) is 54.2 Å². The van der Waals surface area contributed by atoms with Crippen LogP contribution in [0.3, 0.4) is 0 Å². The van der Waals surface area contributed by atoms with Crippen molar-refractivity contribution in [3.63, 3.8) is 0 Å². The number of anilines is 1. The molecular formula is C24H32N4O3. The molecule has 0 unspecified atom stereocenters. The third-order valence-corrected chi connectivity index (χ3v) is 6.18. The molecule has 4 rings (SSSR count). The van der Waals surface area contributed by atoms with Crippen LogP contribution in [0.5, 0.6) is 5.75 Å². The fourth-order valence-corrected chi connectivity index (χ4v) is 4.59. The molecule has 1 saturated heterocycles. The second-order valence-electron chi connectivity index (χ2n) is 8.35. The molecule has 0 aliphatic carbocycles. The summed E-state index contributed by atoms with van der Waals surface area (Å²) in [6.45, 7) is 8.60. The van der Waals surface area contributed by atoms with Crippen molar-refractivity contribution in [1.29, 1.82) is 0 Å². The number of carbonyl (C=O) groups excluding carboxylic acids is 1. The van der Waals surface area contributed by atoms with E-state index in [1.165, 1.54) is 11.1 Å². The standard InChI is InChI=1S/C24H32N4O3/c1-4-31-24(29)19-8-12-28(13-9-19)23-21-16-27(11-10-22(21)25-17(2)26-23)15-18-6-5-7-20(14-18)30-3/h5-7,14,19H,4,8-13,15-16H2,1-3H3. The Morgan fingerprint density at radius 1 is 1.19 bits per heavy atom. The summed E-state index contributed by atoms with van der Waals surface area (Å²) in [5, 5.41) is 0. The van der Waals surface area contributed by atoms with Gasteiger partial charge in [-0.05, 0) is 44.4 Å². The first kappa shape index (κ1) is 21.6. The number of aryl methyl sites for hydroxylation is 1. The fraction of sp³-hybridized carbons (Fsp3) is 0.542. The molecule has 0 amide bonds. The first-order valence-corrected chi connectivity index (χ1v) is 11.2. The summed E-state index contributed by atoms with van der Waals surface area (Å²) in [6, 6.07) is 8.26. The van der Waals surface area contributed by atoms with E-state index < -0.39 is 0 Å². The number of rotatable bonds is 6. The maximum absolute atomic E-state index is 12.1. The highest BCUT2D eigenvalue weighted by Crippen LogP contribution is 2.31. The van der Waals surface area contributed by atoms with Gasteiger partial charge in [0.05, 0.1) is 25.3 Å². The zero-order chi connectivity index (χ0) is 21.8. The van der Waals surface area contributed by atoms with E-state index in [0.717, 1.165) is 75.1 Å². The number of carbonyl (C=O) groups is 1. The molecule has 3 heterocycles. The Hall–Kier alpha value is -2.67. The number of benzene rings is 1. The summed E-state index contributed by atoms with van der Waals surface area (Å²) in [6.07, 6.45) is 2.54. The lowest BCUT2D eigenvalue weighted by Gasteiger charge is -2.36. The second kappa shape index (κ2) is 9.64. The molecule has 0 spiro atoms. The lowest BCUT2D eigenvalue weighted by atomic mass is 9.96. The lowest BCUT2D eigenvalue weighted by Crippen LogP contribution is -2.40. The Balaban J connectivity index is 1.49. The van der Waals surface area contributed by atoms with Crippen molar-refractivity contribution in [3.8, 4) is 5.75 Å². The van der Waals surface area contributed by atoms with Gasteiger partial charge in [-0.3, -0.25) is 9.69 Å². The van der Waals surface area contributed by atoms with E-state index in [1.807, 2.05) is 26.0 Å². The van der Waals surface area contributed by atoms with Crippen LogP contribution in [0.1, 0.15) is 42.4 Å². The molecule has 0 radical (unpaired) electrons. The zero-order valence-corrected chi connectivity index (χ0v) is 18.8. The number of methoxy groups -OCH3 is 1. The molecule has 166 valence electrons. The van der Waals surface area contributed by atoms with Crippen LogP contribution in [0.4, 0.5) is 5.82 Å². The van der Waals surface area contributed by atoms with E-state index in [2.05, 4.69) is 21.9 Å². The highest BCUT2D eigenvalue weighted by molar-refractivity contribution is 5.73. The van der Waals surface area contributed by atoms with Gasteiger partial charge in [0.1, 0.15) is 17.4 Å². The first-order valence-electron chi connectivity index (χ1n) is 11.2. The summed E-state index contributed by atoms with van der Waals surface area (Å²) in [7, 11) is 1.70. The molecule has 0 saturated carbocycles. The largest absolute Gasteiger partial charge is 0.497 e. The van der Waals surface area contributed by atoms with Gasteiger partial charge in [-0.15, -0.1) is 0 Å². The second-order valence-corrected chi connectivity index (χ2v) is 8.35. The van der Waals surface area contributed by atoms with Crippen molar-refractivity contribution in [2.24, 2.45) is 5.92 Å². The predicted molar refractivity (Wildman–Crippen MR) is 119 cm³/mol. The Morgan fingerprint density at radius 3 is 2.74 bits per heavy atom. The summed E-state index contributed by atoms with van der Waals surface area (Å²) in [5.74, 6) is 2.69. The Bertz CT molecular complexity index is 925. The minimum Gasteiger partial charge on any atom is -0.497 e. The molecule has 1 fully saturated rings. The van der Waals surface area contributed by atoms with Gasteiger partial charge in [0.15, 0.2) is 0 Å². The topological polar surface area (TPSA) is 67.8 Å². The van der Waals surface area contributed by atoms with Gasteiger partial charge in [-0.25, -0.2) is 9.97 Å². The molecular weight excluding hydrogens is 392 g/mol. The van der Waals surface area contributed by atoms with Crippen molar-refractivity contribution in [3.05, 3.63) is 46.9 Å². The summed E-state index contributed by atoms with van der Waals surface area (Å²) >= 11 is 0. The number of ether oxygens (including phenoxy) is 2. The average molecular weight is 425 g/mol. The summed E-state index contributed by atoms with van der Waals surface area (Å²) in [5.41, 5.74) is 3.64. The van der Waals surface area contributed by atoms with Gasteiger partial charge in [-0.1, -0.05) is 12.1 Å². The maximum Gasteiger partial charge on any atom is 0.309 e. The van der Waals surface area contributed by atoms with Crippen LogP contribution in [0.15, 0.2) is 24.3 Å². The third-order valence-electron chi connectivity index (χ3n) is 6.18. The molecule has 1 aromatic carbocycles. The van der Waals surface area contributed by atoms with Crippen molar-refractivity contribution < 1.29 is 14.3 Å². The number of esters is 1. The minimum atomic E-state index is -0.0625. The van der Waals surface area contributed by atoms with Crippen molar-refractivity contribution >= 4 is 11.8 Å². The Labute approximate surface area is 184 Å². The molecule has 7 heteroatoms. The SMILES string of the molecule is CCOC(=O)C1CCN(c2nc(C)nc3c2CN(Cc2cccc(OC)c2)CC3)CC1. The molecule has 0 N–H and O–H groups in total. The van der Waals surface area contributed by atoms with Crippen LogP contribution in [0.25, 0.3) is 0 Å². The monoisotopic (exact) mass is 424 g/mol. The van der Waals surface area contributed by atoms with Gasteiger partial charge in [0.25, 0.3) is 0 Å². The van der Waals surface area contributed by atoms with Gasteiger partial charge < -0.3 is 14.4 Å². The van der Waals surface area contributed by atoms with E-state index in [1.54, 1.807) is 7.11 Å². The molecule has 7 nitrogen and oxygen atoms in total. The van der Waals surface area contributed by atoms with E-state index in [-0.39, 0.29) is 11.9 Å². The van der Waals surface area contributed by atoms with Crippen LogP contribution in [-0.2, 0) is 29.0 Å². The third kappa shape index (κ3) is 4.98. The van der Waals surface area contributed by atoms with Gasteiger partial charge in [-0.2, -0.15) is 0 Å². The van der Waals surface area contributed by atoms with Crippen LogP contribution < -0.4 is 9.64 Å². The molecule has 0 atom stereocenters. The van der Waals surface area contributed by atoms with Gasteiger partial charge in [0.2, 0.25) is 0 Å². The summed E-state index contributed by atoms with van der Waals surface area (Å²) in [4.78, 5) is 26.5. The minimum absolute atomic E-state index is 0.000445. The molecule has 31 heavy (non-hydrogen) atoms. The van der Waals surface area contributed by atoms with Crippen LogP contribution >= 0.6 is 0 Å². The summed E-state index contributed by atoms with van der Waals surface area (Å²) < 4.78 is 10.6. The van der Waals surface area contributed by atoms with E-state index in [4.69, 9.17) is 19.4 Å². The quantitative estimate of drug-likeness (QED) is 0.660. The lowest BCUT2D eigenvalue weighted by molar-refractivity contribution is -0.148. The smallest absolute Gasteiger partial charge is 0.309 e. The van der Waals surface area contributed by atoms with Crippen molar-refractivity contribution in [2.75, 3.05) is 38.3 Å². The number of nitrogens with zero attached hydrogens (tertiary/aromatic N) is 4. The average Bonchev–Trinajstić information content (AvgIpc) is 2.79. The first-order chi connectivity index (χ1) is 15.1. The molecule has 1 aromatic heterocycles. The number of aromatic nitrogens is 2. The maximum atomic E-state index is 12.1. The van der Waals surface area contributed by atoms with Gasteiger partial charge >= 0.3 is 5.97 Å². The number of fused-ring (bicyclic) bond motifs is 1. The highest BCUT2D eigenvalue weighted by Gasteiger charge is 2.30. The highest BCUT2D eigenvalue weighted by atomic mass is 16.5. The van der Waals surface area contributed by atoms with Crippen molar-refractivity contribution in [1.82, 2.24) is 14.9 Å².